The zero-order valence-corrected chi connectivity index (χ0v) is 23.4. The molecule has 1 amide bonds. The molecule has 0 fully saturated rings. The van der Waals surface area contributed by atoms with Gasteiger partial charge in [0, 0.05) is 6.42 Å². The number of carbonyl (C=O) groups excluding carboxylic acids is 1. The van der Waals surface area contributed by atoms with Crippen LogP contribution in [0.1, 0.15) is 61.3 Å². The second-order valence-corrected chi connectivity index (χ2v) is 15.3. The first-order chi connectivity index (χ1) is 16.4. The summed E-state index contributed by atoms with van der Waals surface area (Å²) >= 11 is 0. The number of carbonyl (C=O) groups is 1. The van der Waals surface area contributed by atoms with Gasteiger partial charge in [0.15, 0.2) is 0 Å². The summed E-state index contributed by atoms with van der Waals surface area (Å²) in [5.74, 6) is 6.05. The van der Waals surface area contributed by atoms with E-state index >= 15 is 0 Å². The molecule has 3 N–H and O–H groups in total. The molecule has 0 unspecified atom stereocenters. The molecule has 2 aromatic carbocycles. The summed E-state index contributed by atoms with van der Waals surface area (Å²) < 4.78 is 7.23. The van der Waals surface area contributed by atoms with Crippen molar-refractivity contribution in [3.05, 3.63) is 72.9 Å². The third-order valence-electron chi connectivity index (χ3n) is 6.22. The molecule has 35 heavy (non-hydrogen) atoms. The van der Waals surface area contributed by atoms with Gasteiger partial charge in [0.05, 0.1) is 12.1 Å². The Balaban J connectivity index is 2.40. The third kappa shape index (κ3) is 7.41. The first-order valence-corrected chi connectivity index (χ1v) is 14.2. The molecule has 0 saturated carbocycles. The lowest BCUT2D eigenvalue weighted by atomic mass is 9.87. The SMILES string of the molecule is CC#CC[C@@H](CC=CNC(=O)[C@@H](N)C(C)(C)C)O[Si](c1ccccc1)(c1ccccc1)C(C)(C)C. The van der Waals surface area contributed by atoms with Gasteiger partial charge in [-0.1, -0.05) is 108 Å². The van der Waals surface area contributed by atoms with Gasteiger partial charge in [-0.25, -0.2) is 0 Å². The molecule has 5 heteroatoms. The standard InChI is InChI=1S/C30H42N2O2Si/c1-8-9-17-24(18-16-23-32-28(33)27(31)29(2,3)4)34-35(30(5,6)7,25-19-12-10-13-20-25)26-21-14-11-15-22-26/h10-16,19-24,27H,17-18,31H2,1-7H3,(H,32,33)/t24-,27+/m0/s1. The molecule has 4 nitrogen and oxygen atoms in total. The van der Waals surface area contributed by atoms with E-state index in [0.717, 1.165) is 0 Å². The van der Waals surface area contributed by atoms with Crippen molar-refractivity contribution in [2.24, 2.45) is 11.1 Å². The maximum atomic E-state index is 12.4. The van der Waals surface area contributed by atoms with Crippen LogP contribution in [0.25, 0.3) is 0 Å². The van der Waals surface area contributed by atoms with Crippen LogP contribution in [0.2, 0.25) is 5.04 Å². The van der Waals surface area contributed by atoms with E-state index < -0.39 is 14.4 Å². The third-order valence-corrected chi connectivity index (χ3v) is 11.3. The summed E-state index contributed by atoms with van der Waals surface area (Å²) in [6.07, 6.45) is 4.76. The van der Waals surface area contributed by atoms with Crippen molar-refractivity contribution >= 4 is 24.6 Å². The van der Waals surface area contributed by atoms with Gasteiger partial charge in [0.2, 0.25) is 5.91 Å². The summed E-state index contributed by atoms with van der Waals surface area (Å²) in [4.78, 5) is 12.4. The van der Waals surface area contributed by atoms with E-state index in [4.69, 9.17) is 10.2 Å². The summed E-state index contributed by atoms with van der Waals surface area (Å²) in [6.45, 7) is 14.5. The predicted molar refractivity (Wildman–Crippen MR) is 150 cm³/mol. The van der Waals surface area contributed by atoms with Crippen LogP contribution in [-0.4, -0.2) is 26.4 Å². The van der Waals surface area contributed by atoms with Crippen molar-refractivity contribution in [2.45, 2.75) is 78.5 Å². The fraction of sp³-hybridized carbons (Fsp3) is 0.433. The molecule has 2 atom stereocenters. The number of rotatable bonds is 9. The van der Waals surface area contributed by atoms with Crippen LogP contribution in [0.4, 0.5) is 0 Å². The Morgan fingerprint density at radius 3 is 1.94 bits per heavy atom. The van der Waals surface area contributed by atoms with Gasteiger partial charge in [-0.2, -0.15) is 0 Å². The minimum atomic E-state index is -2.70. The summed E-state index contributed by atoms with van der Waals surface area (Å²) in [5.41, 5.74) is 5.78. The van der Waals surface area contributed by atoms with Crippen molar-refractivity contribution in [3.63, 3.8) is 0 Å². The highest BCUT2D eigenvalue weighted by Gasteiger charge is 2.51. The molecule has 0 aliphatic heterocycles. The number of hydrogen-bond donors (Lipinski definition) is 2. The second kappa shape index (κ2) is 12.4. The van der Waals surface area contributed by atoms with Gasteiger partial charge in [-0.15, -0.1) is 11.8 Å². The topological polar surface area (TPSA) is 64.4 Å². The molecule has 0 spiro atoms. The molecule has 2 aromatic rings. The van der Waals surface area contributed by atoms with Gasteiger partial charge >= 0.3 is 0 Å². The van der Waals surface area contributed by atoms with E-state index in [2.05, 4.69) is 86.5 Å². The largest absolute Gasteiger partial charge is 0.403 e. The maximum absolute atomic E-state index is 12.4. The number of nitrogens with one attached hydrogen (secondary N) is 1. The zero-order chi connectivity index (χ0) is 26.1. The van der Waals surface area contributed by atoms with E-state index in [1.165, 1.54) is 10.4 Å². The molecule has 0 aliphatic carbocycles. The molecule has 0 bridgehead atoms. The van der Waals surface area contributed by atoms with E-state index in [9.17, 15) is 4.79 Å². The molecule has 0 heterocycles. The van der Waals surface area contributed by atoms with Crippen LogP contribution in [-0.2, 0) is 9.22 Å². The Bertz CT molecular complexity index is 986. The Morgan fingerprint density at radius 2 is 1.51 bits per heavy atom. The second-order valence-electron chi connectivity index (χ2n) is 11.0. The van der Waals surface area contributed by atoms with Crippen molar-refractivity contribution in [2.75, 3.05) is 0 Å². The molecule has 188 valence electrons. The van der Waals surface area contributed by atoms with Gasteiger partial charge < -0.3 is 15.5 Å². The summed E-state index contributed by atoms with van der Waals surface area (Å²) in [6, 6.07) is 20.6. The first-order valence-electron chi connectivity index (χ1n) is 12.3. The van der Waals surface area contributed by atoms with Crippen LogP contribution >= 0.6 is 0 Å². The van der Waals surface area contributed by atoms with Crippen molar-refractivity contribution < 1.29 is 9.22 Å². The normalized spacial score (nSPS) is 14.2. The molecular formula is C30H42N2O2Si. The Hall–Kier alpha value is -2.65. The van der Waals surface area contributed by atoms with Gasteiger partial charge in [0.25, 0.3) is 8.32 Å². The number of amides is 1. The molecule has 0 radical (unpaired) electrons. The maximum Gasteiger partial charge on any atom is 0.261 e. The van der Waals surface area contributed by atoms with Gasteiger partial charge in [-0.05, 0) is 40.4 Å². The smallest absolute Gasteiger partial charge is 0.261 e. The van der Waals surface area contributed by atoms with Crippen molar-refractivity contribution in [1.82, 2.24) is 5.32 Å². The Kier molecular flexibility index (Phi) is 10.1. The van der Waals surface area contributed by atoms with Crippen LogP contribution in [0, 0.1) is 17.3 Å². The van der Waals surface area contributed by atoms with E-state index in [1.54, 1.807) is 6.20 Å². The van der Waals surface area contributed by atoms with Gasteiger partial charge in [0.1, 0.15) is 0 Å². The predicted octanol–water partition coefficient (Wildman–Crippen LogP) is 4.74. The molecule has 0 aromatic heterocycles. The average Bonchev–Trinajstić information content (AvgIpc) is 2.82. The lowest BCUT2D eigenvalue weighted by Gasteiger charge is -2.45. The van der Waals surface area contributed by atoms with Crippen LogP contribution in [0.5, 0.6) is 0 Å². The summed E-state index contributed by atoms with van der Waals surface area (Å²) in [5, 5.41) is 5.19. The molecule has 0 aliphatic rings. The lowest BCUT2D eigenvalue weighted by Crippen LogP contribution is -2.67. The Labute approximate surface area is 213 Å². The number of benzene rings is 2. The van der Waals surface area contributed by atoms with Gasteiger partial charge in [-0.3, -0.25) is 4.79 Å². The average molecular weight is 491 g/mol. The molecule has 2 rings (SSSR count). The monoisotopic (exact) mass is 490 g/mol. The minimum absolute atomic E-state index is 0.120. The number of hydrogen-bond acceptors (Lipinski definition) is 3. The zero-order valence-electron chi connectivity index (χ0n) is 22.4. The van der Waals surface area contributed by atoms with Crippen LogP contribution in [0.3, 0.4) is 0 Å². The highest BCUT2D eigenvalue weighted by Crippen LogP contribution is 2.38. The summed E-state index contributed by atoms with van der Waals surface area (Å²) in [7, 11) is -2.70. The molecule has 0 saturated heterocycles. The van der Waals surface area contributed by atoms with E-state index in [1.807, 2.05) is 45.9 Å². The van der Waals surface area contributed by atoms with Crippen molar-refractivity contribution in [3.8, 4) is 11.8 Å². The van der Waals surface area contributed by atoms with Crippen molar-refractivity contribution in [1.29, 1.82) is 0 Å². The van der Waals surface area contributed by atoms with Crippen LogP contribution < -0.4 is 21.4 Å². The highest BCUT2D eigenvalue weighted by atomic mass is 28.4. The highest BCUT2D eigenvalue weighted by molar-refractivity contribution is 6.99. The van der Waals surface area contributed by atoms with E-state index in [0.29, 0.717) is 12.8 Å². The van der Waals surface area contributed by atoms with Crippen LogP contribution in [0.15, 0.2) is 72.9 Å². The quantitative estimate of drug-likeness (QED) is 0.394. The Morgan fingerprint density at radius 1 is 1.00 bits per heavy atom. The minimum Gasteiger partial charge on any atom is -0.403 e. The first kappa shape index (κ1) is 28.6. The fourth-order valence-electron chi connectivity index (χ4n) is 4.17. The van der Waals surface area contributed by atoms with E-state index in [-0.39, 0.29) is 22.5 Å². The molecular weight excluding hydrogens is 448 g/mol. The number of nitrogens with two attached hydrogens (primary N) is 1. The lowest BCUT2D eigenvalue weighted by molar-refractivity contribution is -0.123. The fourth-order valence-corrected chi connectivity index (χ4v) is 8.87.